The molecule has 0 aromatic heterocycles. The van der Waals surface area contributed by atoms with Gasteiger partial charge in [-0.2, -0.15) is 0 Å². The molecular weight excluding hydrogens is 412 g/mol. The lowest BCUT2D eigenvalue weighted by Gasteiger charge is -2.10. The highest BCUT2D eigenvalue weighted by atomic mass is 16.5. The van der Waals surface area contributed by atoms with Gasteiger partial charge in [0, 0.05) is 19.7 Å². The van der Waals surface area contributed by atoms with Crippen LogP contribution in [0, 0.1) is 0 Å². The molecule has 0 aromatic rings. The fourth-order valence-electron chi connectivity index (χ4n) is 2.26. The number of nitrogens with two attached hydrogens (primary N) is 1. The van der Waals surface area contributed by atoms with Crippen LogP contribution in [0.2, 0.25) is 0 Å². The summed E-state index contributed by atoms with van der Waals surface area (Å²) in [6.07, 6.45) is 2.59. The molecule has 0 saturated heterocycles. The summed E-state index contributed by atoms with van der Waals surface area (Å²) in [6, 6.07) is -0.781. The molecule has 1 atom stereocenters. The average molecular weight is 451 g/mol. The number of carboxylic acid groups (broad SMARTS) is 1. The molecule has 0 aliphatic rings. The Morgan fingerprint density at radius 3 is 1.90 bits per heavy atom. The molecule has 182 valence electrons. The molecule has 0 aromatic carbocycles. The zero-order valence-corrected chi connectivity index (χ0v) is 18.4. The van der Waals surface area contributed by atoms with Gasteiger partial charge in [0.25, 0.3) is 0 Å². The fourth-order valence-corrected chi connectivity index (χ4v) is 2.26. The van der Waals surface area contributed by atoms with Gasteiger partial charge in [-0.15, -0.1) is 0 Å². The molecule has 0 aliphatic carbocycles. The van der Waals surface area contributed by atoms with E-state index in [1.165, 1.54) is 0 Å². The number of aliphatic carboxylic acids is 1. The van der Waals surface area contributed by atoms with Crippen molar-refractivity contribution in [2.45, 2.75) is 38.6 Å². The number of unbranched alkanes of at least 4 members (excludes halogenated alkanes) is 1. The molecule has 0 radical (unpaired) electrons. The Labute approximate surface area is 183 Å². The zero-order valence-electron chi connectivity index (χ0n) is 18.4. The van der Waals surface area contributed by atoms with Crippen LogP contribution in [0.15, 0.2) is 0 Å². The quantitative estimate of drug-likeness (QED) is 0.0765. The van der Waals surface area contributed by atoms with Crippen molar-refractivity contribution < 1.29 is 38.4 Å². The van der Waals surface area contributed by atoms with Crippen molar-refractivity contribution >= 4 is 17.8 Å². The maximum Gasteiger partial charge on any atom is 0.322 e. The standard InChI is InChI=1S/C19H38N4O8/c1-2-8-28-10-12-30-15-18(25)22-7-9-29-11-13-31-14-17(24)21-6-4-3-5-16(23-20)19(26)27/h16,23H,2-15,20H2,1H3,(H,21,24)(H,22,25)(H,26,27)/t16-/m0/s1. The second-order valence-electron chi connectivity index (χ2n) is 6.58. The molecule has 0 spiro atoms. The first-order valence-electron chi connectivity index (χ1n) is 10.5. The molecule has 0 fully saturated rings. The van der Waals surface area contributed by atoms with E-state index in [9.17, 15) is 14.4 Å². The van der Waals surface area contributed by atoms with Gasteiger partial charge in [-0.3, -0.25) is 20.2 Å². The van der Waals surface area contributed by atoms with Crippen molar-refractivity contribution in [3.8, 4) is 0 Å². The van der Waals surface area contributed by atoms with E-state index < -0.39 is 12.0 Å². The third kappa shape index (κ3) is 19.9. The van der Waals surface area contributed by atoms with Crippen molar-refractivity contribution in [2.24, 2.45) is 5.84 Å². The van der Waals surface area contributed by atoms with Crippen molar-refractivity contribution in [3.63, 3.8) is 0 Å². The van der Waals surface area contributed by atoms with Gasteiger partial charge in [0.2, 0.25) is 11.8 Å². The lowest BCUT2D eigenvalue weighted by atomic mass is 10.1. The summed E-state index contributed by atoms with van der Waals surface area (Å²) in [6.45, 7) is 5.14. The van der Waals surface area contributed by atoms with Gasteiger partial charge >= 0.3 is 5.97 Å². The van der Waals surface area contributed by atoms with Crippen LogP contribution in [0.4, 0.5) is 0 Å². The van der Waals surface area contributed by atoms with Gasteiger partial charge in [0.15, 0.2) is 0 Å². The third-order valence-corrected chi connectivity index (χ3v) is 3.87. The van der Waals surface area contributed by atoms with Gasteiger partial charge in [-0.05, 0) is 25.7 Å². The predicted octanol–water partition coefficient (Wildman–Crippen LogP) is -1.22. The van der Waals surface area contributed by atoms with Gasteiger partial charge in [-0.1, -0.05) is 6.92 Å². The van der Waals surface area contributed by atoms with Crippen LogP contribution in [0.5, 0.6) is 0 Å². The lowest BCUT2D eigenvalue weighted by Crippen LogP contribution is -2.41. The highest BCUT2D eigenvalue weighted by molar-refractivity contribution is 5.77. The molecule has 0 heterocycles. The van der Waals surface area contributed by atoms with Crippen LogP contribution in [-0.4, -0.2) is 94.9 Å². The van der Waals surface area contributed by atoms with Gasteiger partial charge in [0.05, 0.1) is 33.0 Å². The normalized spacial score (nSPS) is 11.8. The first kappa shape index (κ1) is 29.2. The minimum Gasteiger partial charge on any atom is -0.480 e. The third-order valence-electron chi connectivity index (χ3n) is 3.87. The van der Waals surface area contributed by atoms with Crippen molar-refractivity contribution in [1.29, 1.82) is 0 Å². The van der Waals surface area contributed by atoms with E-state index in [0.717, 1.165) is 6.42 Å². The topological polar surface area (TPSA) is 170 Å². The first-order chi connectivity index (χ1) is 15.0. The maximum atomic E-state index is 11.6. The molecule has 0 unspecified atom stereocenters. The Morgan fingerprint density at radius 1 is 0.806 bits per heavy atom. The smallest absolute Gasteiger partial charge is 0.322 e. The number of ether oxygens (including phenoxy) is 4. The molecule has 31 heavy (non-hydrogen) atoms. The molecule has 0 bridgehead atoms. The van der Waals surface area contributed by atoms with Gasteiger partial charge in [0.1, 0.15) is 19.3 Å². The Bertz CT molecular complexity index is 482. The summed E-state index contributed by atoms with van der Waals surface area (Å²) < 4.78 is 20.9. The second kappa shape index (κ2) is 21.4. The maximum absolute atomic E-state index is 11.6. The largest absolute Gasteiger partial charge is 0.480 e. The monoisotopic (exact) mass is 450 g/mol. The molecule has 0 rings (SSSR count). The van der Waals surface area contributed by atoms with E-state index in [1.807, 2.05) is 6.92 Å². The van der Waals surface area contributed by atoms with Crippen LogP contribution in [0.25, 0.3) is 0 Å². The van der Waals surface area contributed by atoms with Gasteiger partial charge in [-0.25, -0.2) is 5.43 Å². The Morgan fingerprint density at radius 2 is 1.35 bits per heavy atom. The summed E-state index contributed by atoms with van der Waals surface area (Å²) >= 11 is 0. The number of carbonyl (C=O) groups is 3. The number of carboxylic acids is 1. The van der Waals surface area contributed by atoms with E-state index >= 15 is 0 Å². The van der Waals surface area contributed by atoms with Crippen LogP contribution in [0.3, 0.4) is 0 Å². The van der Waals surface area contributed by atoms with Crippen molar-refractivity contribution in [1.82, 2.24) is 16.1 Å². The summed E-state index contributed by atoms with van der Waals surface area (Å²) in [7, 11) is 0. The minimum absolute atomic E-state index is 0.0161. The van der Waals surface area contributed by atoms with E-state index in [2.05, 4.69) is 16.1 Å². The fraction of sp³-hybridized carbons (Fsp3) is 0.842. The number of hydrogen-bond donors (Lipinski definition) is 5. The van der Waals surface area contributed by atoms with Crippen LogP contribution < -0.4 is 21.9 Å². The number of carbonyl (C=O) groups excluding carboxylic acids is 2. The zero-order chi connectivity index (χ0) is 23.2. The van der Waals surface area contributed by atoms with E-state index in [0.29, 0.717) is 65.4 Å². The molecule has 12 nitrogen and oxygen atoms in total. The Balaban J connectivity index is 3.38. The second-order valence-corrected chi connectivity index (χ2v) is 6.58. The molecule has 6 N–H and O–H groups in total. The van der Waals surface area contributed by atoms with E-state index in [4.69, 9.17) is 29.9 Å². The highest BCUT2D eigenvalue weighted by Crippen LogP contribution is 1.99. The molecule has 0 saturated carbocycles. The van der Waals surface area contributed by atoms with Crippen LogP contribution in [0.1, 0.15) is 32.6 Å². The summed E-state index contributed by atoms with van der Waals surface area (Å²) in [4.78, 5) is 33.9. The Hall–Kier alpha value is -1.83. The predicted molar refractivity (Wildman–Crippen MR) is 112 cm³/mol. The molecular formula is C19H38N4O8. The SMILES string of the molecule is CCCOCCOCC(=O)NCCOCCOCC(=O)NCCCC[C@H](NN)C(=O)O. The molecule has 12 heteroatoms. The summed E-state index contributed by atoms with van der Waals surface area (Å²) in [5.41, 5.74) is 2.23. The number of hydrazine groups is 1. The van der Waals surface area contributed by atoms with Crippen molar-refractivity contribution in [3.05, 3.63) is 0 Å². The van der Waals surface area contributed by atoms with E-state index in [1.54, 1.807) is 0 Å². The van der Waals surface area contributed by atoms with Crippen LogP contribution >= 0.6 is 0 Å². The molecule has 2 amide bonds. The number of rotatable bonds is 22. The number of hydrogen-bond acceptors (Lipinski definition) is 9. The van der Waals surface area contributed by atoms with Gasteiger partial charge < -0.3 is 34.7 Å². The first-order valence-corrected chi connectivity index (χ1v) is 10.5. The van der Waals surface area contributed by atoms with Crippen LogP contribution in [-0.2, 0) is 33.3 Å². The van der Waals surface area contributed by atoms with E-state index in [-0.39, 0.29) is 31.6 Å². The summed E-state index contributed by atoms with van der Waals surface area (Å²) in [5.74, 6) is 3.67. The summed E-state index contributed by atoms with van der Waals surface area (Å²) in [5, 5.41) is 14.2. The van der Waals surface area contributed by atoms with Crippen molar-refractivity contribution in [2.75, 3.05) is 65.9 Å². The lowest BCUT2D eigenvalue weighted by molar-refractivity contribution is -0.139. The average Bonchev–Trinajstić information content (AvgIpc) is 2.74. The number of nitrogens with one attached hydrogen (secondary N) is 3. The highest BCUT2D eigenvalue weighted by Gasteiger charge is 2.14. The Kier molecular flexibility index (Phi) is 20.1. The minimum atomic E-state index is -0.998. The molecule has 0 aliphatic heterocycles. The number of amides is 2.